The van der Waals surface area contributed by atoms with Gasteiger partial charge in [-0.1, -0.05) is 6.92 Å². The van der Waals surface area contributed by atoms with E-state index in [1.54, 1.807) is 13.1 Å². The molecular formula is C14H18N2O3. The highest BCUT2D eigenvalue weighted by Gasteiger charge is 2.03. The van der Waals surface area contributed by atoms with E-state index in [1.807, 2.05) is 13.0 Å². The second-order valence-electron chi connectivity index (χ2n) is 4.18. The standard InChI is InChI=1S/C14H18N2O3/c1-3-12-8-11(4-5-13(18)19)9-16-14(12)15-7-6-10(2)17/h4-5,8-9H,3,6-7H2,1-2H3,(H,15,16)(H,18,19). The van der Waals surface area contributed by atoms with Gasteiger partial charge in [-0.15, -0.1) is 0 Å². The largest absolute Gasteiger partial charge is 0.478 e. The van der Waals surface area contributed by atoms with E-state index in [0.717, 1.165) is 29.4 Å². The number of hydrogen-bond donors (Lipinski definition) is 2. The van der Waals surface area contributed by atoms with Gasteiger partial charge in [0.25, 0.3) is 0 Å². The highest BCUT2D eigenvalue weighted by molar-refractivity contribution is 5.85. The maximum atomic E-state index is 10.9. The molecule has 0 saturated carbocycles. The molecule has 0 fully saturated rings. The van der Waals surface area contributed by atoms with E-state index in [4.69, 9.17) is 5.11 Å². The summed E-state index contributed by atoms with van der Waals surface area (Å²) in [5.41, 5.74) is 1.74. The van der Waals surface area contributed by atoms with Crippen LogP contribution in [0.1, 0.15) is 31.4 Å². The molecule has 5 heteroatoms. The fourth-order valence-corrected chi connectivity index (χ4v) is 1.57. The van der Waals surface area contributed by atoms with E-state index < -0.39 is 5.97 Å². The normalized spacial score (nSPS) is 10.6. The number of rotatable bonds is 7. The fraction of sp³-hybridized carbons (Fsp3) is 0.357. The molecule has 102 valence electrons. The van der Waals surface area contributed by atoms with Crippen molar-refractivity contribution in [3.63, 3.8) is 0 Å². The van der Waals surface area contributed by atoms with Crippen molar-refractivity contribution >= 4 is 23.6 Å². The minimum absolute atomic E-state index is 0.131. The lowest BCUT2D eigenvalue weighted by Crippen LogP contribution is -2.09. The van der Waals surface area contributed by atoms with Gasteiger partial charge in [-0.3, -0.25) is 4.79 Å². The van der Waals surface area contributed by atoms with Crippen LogP contribution in [0.4, 0.5) is 5.82 Å². The van der Waals surface area contributed by atoms with Crippen LogP contribution in [-0.4, -0.2) is 28.4 Å². The molecular weight excluding hydrogens is 244 g/mol. The van der Waals surface area contributed by atoms with E-state index in [-0.39, 0.29) is 5.78 Å². The summed E-state index contributed by atoms with van der Waals surface area (Å²) in [4.78, 5) is 25.6. The number of aliphatic carboxylic acids is 1. The number of carboxylic acid groups (broad SMARTS) is 1. The molecule has 19 heavy (non-hydrogen) atoms. The minimum atomic E-state index is -0.985. The molecule has 0 unspecified atom stereocenters. The van der Waals surface area contributed by atoms with Gasteiger partial charge < -0.3 is 10.4 Å². The van der Waals surface area contributed by atoms with Crippen LogP contribution in [0.3, 0.4) is 0 Å². The second-order valence-corrected chi connectivity index (χ2v) is 4.18. The van der Waals surface area contributed by atoms with Gasteiger partial charge in [0.2, 0.25) is 0 Å². The molecule has 0 aliphatic rings. The predicted molar refractivity (Wildman–Crippen MR) is 74.1 cm³/mol. The van der Waals surface area contributed by atoms with E-state index in [9.17, 15) is 9.59 Å². The Morgan fingerprint density at radius 1 is 1.47 bits per heavy atom. The van der Waals surface area contributed by atoms with Crippen molar-refractivity contribution in [3.8, 4) is 0 Å². The van der Waals surface area contributed by atoms with E-state index in [1.165, 1.54) is 6.08 Å². The number of hydrogen-bond acceptors (Lipinski definition) is 4. The molecule has 0 aromatic carbocycles. The van der Waals surface area contributed by atoms with Gasteiger partial charge in [-0.05, 0) is 36.6 Å². The first kappa shape index (κ1) is 14.9. The second kappa shape index (κ2) is 7.31. The summed E-state index contributed by atoms with van der Waals surface area (Å²) < 4.78 is 0. The molecule has 0 atom stereocenters. The number of nitrogens with zero attached hydrogens (tertiary/aromatic N) is 1. The summed E-state index contributed by atoms with van der Waals surface area (Å²) >= 11 is 0. The van der Waals surface area contributed by atoms with Crippen LogP contribution in [0, 0.1) is 0 Å². The molecule has 1 rings (SSSR count). The van der Waals surface area contributed by atoms with Crippen molar-refractivity contribution in [3.05, 3.63) is 29.5 Å². The molecule has 2 N–H and O–H groups in total. The highest BCUT2D eigenvalue weighted by atomic mass is 16.4. The van der Waals surface area contributed by atoms with Gasteiger partial charge in [0, 0.05) is 25.2 Å². The molecule has 0 aliphatic heterocycles. The molecule has 0 saturated heterocycles. The number of pyridine rings is 1. The van der Waals surface area contributed by atoms with Gasteiger partial charge in [-0.25, -0.2) is 9.78 Å². The zero-order valence-corrected chi connectivity index (χ0v) is 11.1. The molecule has 0 spiro atoms. The quantitative estimate of drug-likeness (QED) is 0.736. The molecule has 5 nitrogen and oxygen atoms in total. The van der Waals surface area contributed by atoms with Crippen LogP contribution in [0.25, 0.3) is 6.08 Å². The Kier molecular flexibility index (Phi) is 5.73. The summed E-state index contributed by atoms with van der Waals surface area (Å²) in [7, 11) is 0. The number of carbonyl (C=O) groups is 2. The van der Waals surface area contributed by atoms with Crippen LogP contribution in [0.5, 0.6) is 0 Å². The number of anilines is 1. The molecule has 0 bridgehead atoms. The molecule has 1 aromatic rings. The van der Waals surface area contributed by atoms with Crippen molar-refractivity contribution in [2.24, 2.45) is 0 Å². The Bertz CT molecular complexity index is 495. The van der Waals surface area contributed by atoms with Gasteiger partial charge >= 0.3 is 5.97 Å². The number of carbonyl (C=O) groups excluding carboxylic acids is 1. The number of ketones is 1. The monoisotopic (exact) mass is 262 g/mol. The Labute approximate surface area is 112 Å². The molecule has 1 aromatic heterocycles. The number of nitrogens with one attached hydrogen (secondary N) is 1. The van der Waals surface area contributed by atoms with E-state index in [2.05, 4.69) is 10.3 Å². The topological polar surface area (TPSA) is 79.3 Å². The maximum Gasteiger partial charge on any atom is 0.328 e. The van der Waals surface area contributed by atoms with Crippen LogP contribution < -0.4 is 5.32 Å². The Balaban J connectivity index is 2.78. The SMILES string of the molecule is CCc1cc(C=CC(=O)O)cnc1NCCC(C)=O. The average Bonchev–Trinajstić information content (AvgIpc) is 2.36. The first-order chi connectivity index (χ1) is 9.02. The van der Waals surface area contributed by atoms with Crippen molar-refractivity contribution in [2.75, 3.05) is 11.9 Å². The average molecular weight is 262 g/mol. The summed E-state index contributed by atoms with van der Waals surface area (Å²) in [6, 6.07) is 1.89. The van der Waals surface area contributed by atoms with E-state index >= 15 is 0 Å². The Morgan fingerprint density at radius 2 is 2.21 bits per heavy atom. The third-order valence-electron chi connectivity index (χ3n) is 2.56. The zero-order valence-electron chi connectivity index (χ0n) is 11.1. The maximum absolute atomic E-state index is 10.9. The Hall–Kier alpha value is -2.17. The third kappa shape index (κ3) is 5.33. The summed E-state index contributed by atoms with van der Waals surface area (Å²) in [6.07, 6.45) is 5.44. The van der Waals surface area contributed by atoms with Crippen molar-refractivity contribution in [1.82, 2.24) is 4.98 Å². The van der Waals surface area contributed by atoms with E-state index in [0.29, 0.717) is 13.0 Å². The lowest BCUT2D eigenvalue weighted by atomic mass is 10.1. The van der Waals surface area contributed by atoms with Crippen molar-refractivity contribution < 1.29 is 14.7 Å². The third-order valence-corrected chi connectivity index (χ3v) is 2.56. The van der Waals surface area contributed by atoms with Crippen LogP contribution in [0.15, 0.2) is 18.3 Å². The van der Waals surface area contributed by atoms with Crippen LogP contribution in [0.2, 0.25) is 0 Å². The van der Waals surface area contributed by atoms with Gasteiger partial charge in [0.15, 0.2) is 0 Å². The zero-order chi connectivity index (χ0) is 14.3. The summed E-state index contributed by atoms with van der Waals surface area (Å²) in [5, 5.41) is 11.7. The molecule has 0 radical (unpaired) electrons. The lowest BCUT2D eigenvalue weighted by molar-refractivity contribution is -0.131. The first-order valence-corrected chi connectivity index (χ1v) is 6.16. The number of Topliss-reactive ketones (excluding diaryl/α,β-unsaturated/α-hetero) is 1. The summed E-state index contributed by atoms with van der Waals surface area (Å²) in [6.45, 7) is 4.10. The number of carboxylic acids is 1. The molecule has 0 amide bonds. The van der Waals surface area contributed by atoms with Crippen LogP contribution >= 0.6 is 0 Å². The van der Waals surface area contributed by atoms with Gasteiger partial charge in [0.1, 0.15) is 11.6 Å². The van der Waals surface area contributed by atoms with Gasteiger partial charge in [-0.2, -0.15) is 0 Å². The van der Waals surface area contributed by atoms with Gasteiger partial charge in [0.05, 0.1) is 0 Å². The van der Waals surface area contributed by atoms with Crippen LogP contribution in [-0.2, 0) is 16.0 Å². The first-order valence-electron chi connectivity index (χ1n) is 6.16. The minimum Gasteiger partial charge on any atom is -0.478 e. The highest BCUT2D eigenvalue weighted by Crippen LogP contribution is 2.16. The lowest BCUT2D eigenvalue weighted by Gasteiger charge is -2.09. The Morgan fingerprint density at radius 3 is 2.79 bits per heavy atom. The fourth-order valence-electron chi connectivity index (χ4n) is 1.57. The smallest absolute Gasteiger partial charge is 0.328 e. The number of aromatic nitrogens is 1. The molecule has 1 heterocycles. The summed E-state index contributed by atoms with van der Waals surface area (Å²) in [5.74, 6) is -0.107. The molecule has 0 aliphatic carbocycles. The van der Waals surface area contributed by atoms with Crippen molar-refractivity contribution in [1.29, 1.82) is 0 Å². The number of aryl methyl sites for hydroxylation is 1. The predicted octanol–water partition coefficient (Wildman–Crippen LogP) is 2.13. The van der Waals surface area contributed by atoms with Crippen molar-refractivity contribution in [2.45, 2.75) is 26.7 Å².